The lowest BCUT2D eigenvalue weighted by molar-refractivity contribution is 0.0996. The van der Waals surface area contributed by atoms with E-state index in [2.05, 4.69) is 5.32 Å². The smallest absolute Gasteiger partial charge is 0.255 e. The van der Waals surface area contributed by atoms with Gasteiger partial charge in [0.25, 0.3) is 5.91 Å². The van der Waals surface area contributed by atoms with Gasteiger partial charge >= 0.3 is 0 Å². The van der Waals surface area contributed by atoms with Gasteiger partial charge in [-0.3, -0.25) is 9.59 Å². The van der Waals surface area contributed by atoms with Gasteiger partial charge < -0.3 is 11.1 Å². The molecule has 5 heteroatoms. The van der Waals surface area contributed by atoms with E-state index in [-0.39, 0.29) is 11.7 Å². The van der Waals surface area contributed by atoms with Crippen molar-refractivity contribution < 1.29 is 14.0 Å². The van der Waals surface area contributed by atoms with Crippen LogP contribution in [-0.4, -0.2) is 11.8 Å². The van der Waals surface area contributed by atoms with Crippen molar-refractivity contribution in [1.29, 1.82) is 0 Å². The van der Waals surface area contributed by atoms with Gasteiger partial charge in [0.15, 0.2) is 0 Å². The highest BCUT2D eigenvalue weighted by Gasteiger charge is 2.08. The zero-order valence-electron chi connectivity index (χ0n) is 13.2. The van der Waals surface area contributed by atoms with Gasteiger partial charge in [0.1, 0.15) is 5.82 Å². The lowest BCUT2D eigenvalue weighted by Gasteiger charge is -2.07. The van der Waals surface area contributed by atoms with Crippen molar-refractivity contribution in [2.45, 2.75) is 0 Å². The summed E-state index contributed by atoms with van der Waals surface area (Å²) in [7, 11) is 0. The first-order valence-electron chi connectivity index (χ1n) is 7.60. The summed E-state index contributed by atoms with van der Waals surface area (Å²) in [5.41, 5.74) is 8.26. The fraction of sp³-hybridized carbons (Fsp3) is 0. The number of carbonyl (C=O) groups excluding carboxylic acids is 2. The van der Waals surface area contributed by atoms with E-state index in [1.54, 1.807) is 54.6 Å². The molecule has 3 aromatic carbocycles. The zero-order valence-corrected chi connectivity index (χ0v) is 13.2. The number of anilines is 1. The Hall–Kier alpha value is -3.47. The second kappa shape index (κ2) is 6.97. The van der Waals surface area contributed by atoms with E-state index in [0.717, 1.165) is 11.1 Å². The maximum atomic E-state index is 13.0. The van der Waals surface area contributed by atoms with Gasteiger partial charge in [-0.1, -0.05) is 30.3 Å². The molecular weight excluding hydrogens is 319 g/mol. The minimum absolute atomic E-state index is 0.294. The number of amides is 2. The average Bonchev–Trinajstić information content (AvgIpc) is 2.63. The van der Waals surface area contributed by atoms with Crippen LogP contribution in [0.15, 0.2) is 72.8 Å². The van der Waals surface area contributed by atoms with Crippen molar-refractivity contribution in [1.82, 2.24) is 0 Å². The summed E-state index contributed by atoms with van der Waals surface area (Å²) >= 11 is 0. The SMILES string of the molecule is NC(=O)c1cccc(NC(=O)c2ccc(-c3ccc(F)cc3)cc2)c1. The third kappa shape index (κ3) is 3.90. The Morgan fingerprint density at radius 2 is 1.40 bits per heavy atom. The van der Waals surface area contributed by atoms with Gasteiger partial charge in [0, 0.05) is 16.8 Å². The third-order valence-electron chi connectivity index (χ3n) is 3.73. The van der Waals surface area contributed by atoms with Crippen molar-refractivity contribution in [2.24, 2.45) is 5.73 Å². The van der Waals surface area contributed by atoms with E-state index in [1.807, 2.05) is 0 Å². The van der Waals surface area contributed by atoms with Crippen LogP contribution >= 0.6 is 0 Å². The third-order valence-corrected chi connectivity index (χ3v) is 3.73. The normalized spacial score (nSPS) is 10.3. The van der Waals surface area contributed by atoms with Gasteiger partial charge in [-0.25, -0.2) is 4.39 Å². The molecule has 0 bridgehead atoms. The highest BCUT2D eigenvalue weighted by Crippen LogP contribution is 2.20. The monoisotopic (exact) mass is 334 g/mol. The number of rotatable bonds is 4. The first-order chi connectivity index (χ1) is 12.0. The lowest BCUT2D eigenvalue weighted by Crippen LogP contribution is -2.14. The van der Waals surface area contributed by atoms with Gasteiger partial charge in [0.2, 0.25) is 5.91 Å². The molecule has 0 saturated carbocycles. The van der Waals surface area contributed by atoms with Crippen molar-refractivity contribution in [3.8, 4) is 11.1 Å². The van der Waals surface area contributed by atoms with Crippen molar-refractivity contribution in [2.75, 3.05) is 5.32 Å². The summed E-state index contributed by atoms with van der Waals surface area (Å²) in [5, 5.41) is 2.72. The molecule has 0 fully saturated rings. The largest absolute Gasteiger partial charge is 0.366 e. The number of carbonyl (C=O) groups is 2. The van der Waals surface area contributed by atoms with Crippen LogP contribution < -0.4 is 11.1 Å². The van der Waals surface area contributed by atoms with E-state index in [1.165, 1.54) is 18.2 Å². The maximum absolute atomic E-state index is 13.0. The summed E-state index contributed by atoms with van der Waals surface area (Å²) < 4.78 is 13.0. The predicted octanol–water partition coefficient (Wildman–Crippen LogP) is 3.84. The maximum Gasteiger partial charge on any atom is 0.255 e. The highest BCUT2D eigenvalue weighted by atomic mass is 19.1. The molecule has 0 spiro atoms. The van der Waals surface area contributed by atoms with E-state index in [0.29, 0.717) is 16.8 Å². The molecule has 25 heavy (non-hydrogen) atoms. The summed E-state index contributed by atoms with van der Waals surface area (Å²) in [6, 6.07) is 19.5. The molecule has 0 aliphatic rings. The summed E-state index contributed by atoms with van der Waals surface area (Å²) in [4.78, 5) is 23.5. The molecule has 3 rings (SSSR count). The Labute approximate surface area is 144 Å². The second-order valence-corrected chi connectivity index (χ2v) is 5.48. The number of halogens is 1. The summed E-state index contributed by atoms with van der Waals surface area (Å²) in [6.45, 7) is 0. The Bertz CT molecular complexity index is 919. The van der Waals surface area contributed by atoms with Crippen molar-refractivity contribution in [3.63, 3.8) is 0 Å². The number of hydrogen-bond donors (Lipinski definition) is 2. The van der Waals surface area contributed by atoms with Crippen LogP contribution in [0.2, 0.25) is 0 Å². The van der Waals surface area contributed by atoms with E-state index >= 15 is 0 Å². The fourth-order valence-electron chi connectivity index (χ4n) is 2.41. The summed E-state index contributed by atoms with van der Waals surface area (Å²) in [6.07, 6.45) is 0. The molecule has 0 aromatic heterocycles. The lowest BCUT2D eigenvalue weighted by atomic mass is 10.0. The summed E-state index contributed by atoms with van der Waals surface area (Å²) in [5.74, 6) is -1.15. The van der Waals surface area contributed by atoms with E-state index in [9.17, 15) is 14.0 Å². The number of nitrogens with two attached hydrogens (primary N) is 1. The van der Waals surface area contributed by atoms with Crippen molar-refractivity contribution >= 4 is 17.5 Å². The number of primary amides is 1. The Morgan fingerprint density at radius 1 is 0.800 bits per heavy atom. The average molecular weight is 334 g/mol. The Balaban J connectivity index is 1.75. The first kappa shape index (κ1) is 16.4. The standard InChI is InChI=1S/C20H15FN2O2/c21-17-10-8-14(9-11-17)13-4-6-15(7-5-13)20(25)23-18-3-1-2-16(12-18)19(22)24/h1-12H,(H2,22,24)(H,23,25). The van der Waals surface area contributed by atoms with Gasteiger partial charge in [-0.05, 0) is 53.6 Å². The molecule has 4 nitrogen and oxygen atoms in total. The Kier molecular flexibility index (Phi) is 4.57. The van der Waals surface area contributed by atoms with Crippen LogP contribution in [0.4, 0.5) is 10.1 Å². The molecule has 3 N–H and O–H groups in total. The minimum atomic E-state index is -0.556. The van der Waals surface area contributed by atoms with Crippen LogP contribution in [0, 0.1) is 5.82 Å². The molecule has 0 atom stereocenters. The van der Waals surface area contributed by atoms with Crippen LogP contribution in [0.3, 0.4) is 0 Å². The molecule has 0 aliphatic carbocycles. The fourth-order valence-corrected chi connectivity index (χ4v) is 2.41. The molecular formula is C20H15FN2O2. The molecule has 0 unspecified atom stereocenters. The molecule has 0 aliphatic heterocycles. The number of benzene rings is 3. The molecule has 2 amide bonds. The molecule has 124 valence electrons. The highest BCUT2D eigenvalue weighted by molar-refractivity contribution is 6.05. The number of hydrogen-bond acceptors (Lipinski definition) is 2. The minimum Gasteiger partial charge on any atom is -0.366 e. The first-order valence-corrected chi connectivity index (χ1v) is 7.60. The topological polar surface area (TPSA) is 72.2 Å². The van der Waals surface area contributed by atoms with Crippen LogP contribution in [0.25, 0.3) is 11.1 Å². The zero-order chi connectivity index (χ0) is 17.8. The van der Waals surface area contributed by atoms with E-state index < -0.39 is 5.91 Å². The van der Waals surface area contributed by atoms with E-state index in [4.69, 9.17) is 5.73 Å². The van der Waals surface area contributed by atoms with Crippen LogP contribution in [0.5, 0.6) is 0 Å². The Morgan fingerprint density at radius 3 is 2.00 bits per heavy atom. The molecule has 3 aromatic rings. The predicted molar refractivity (Wildman–Crippen MR) is 94.7 cm³/mol. The number of nitrogens with one attached hydrogen (secondary N) is 1. The molecule has 0 radical (unpaired) electrons. The van der Waals surface area contributed by atoms with Gasteiger partial charge in [-0.15, -0.1) is 0 Å². The van der Waals surface area contributed by atoms with Crippen LogP contribution in [0.1, 0.15) is 20.7 Å². The van der Waals surface area contributed by atoms with Gasteiger partial charge in [0.05, 0.1) is 0 Å². The molecule has 0 heterocycles. The quantitative estimate of drug-likeness (QED) is 0.761. The second-order valence-electron chi connectivity index (χ2n) is 5.48. The van der Waals surface area contributed by atoms with Crippen LogP contribution in [-0.2, 0) is 0 Å². The van der Waals surface area contributed by atoms with Crippen molar-refractivity contribution in [3.05, 3.63) is 89.7 Å². The van der Waals surface area contributed by atoms with Gasteiger partial charge in [-0.2, -0.15) is 0 Å². The molecule has 0 saturated heterocycles.